The van der Waals surface area contributed by atoms with Crippen molar-refractivity contribution in [1.82, 2.24) is 19.5 Å². The third-order valence-corrected chi connectivity index (χ3v) is 13.4. The fourth-order valence-electron chi connectivity index (χ4n) is 10.6. The Morgan fingerprint density at radius 1 is 0.303 bits per heavy atom. The second kappa shape index (κ2) is 13.2. The number of furan rings is 3. The van der Waals surface area contributed by atoms with Crippen molar-refractivity contribution in [3.63, 3.8) is 0 Å². The van der Waals surface area contributed by atoms with Crippen molar-refractivity contribution in [2.75, 3.05) is 0 Å². The van der Waals surface area contributed by atoms with Crippen molar-refractivity contribution in [2.24, 2.45) is 0 Å². The van der Waals surface area contributed by atoms with Crippen LogP contribution < -0.4 is 0 Å². The summed E-state index contributed by atoms with van der Waals surface area (Å²) in [4.78, 5) is 16.6. The number of hydrogen-bond donors (Lipinski definition) is 0. The summed E-state index contributed by atoms with van der Waals surface area (Å²) in [7, 11) is 0. The normalized spacial score (nSPS) is 12.2. The summed E-state index contributed by atoms with van der Waals surface area (Å²) in [5.74, 6) is 1.55. The molecular weight excluding hydrogens is 813 g/mol. The van der Waals surface area contributed by atoms with Gasteiger partial charge in [0.2, 0.25) is 0 Å². The molecule has 7 heteroatoms. The second-order valence-corrected chi connectivity index (χ2v) is 17.0. The number of para-hydroxylation sites is 3. The standard InChI is InChI=1S/C59H32N4O3/c1-2-15-35-32-45-42(31-34(35)14-1)52-36-16-4-3-13-33(36)27-28-43(52)63(45)44-29-30-51-55(39-19-7-10-24-48(39)66-51)56(44)59-61-57(40-20-11-25-49-53(40)37-17-5-8-22-46(37)64-49)60-58(62-59)41-21-12-26-50-54(41)38-18-6-9-23-47(38)65-50/h1-32H. The van der Waals surface area contributed by atoms with Crippen molar-refractivity contribution in [2.45, 2.75) is 0 Å². The van der Waals surface area contributed by atoms with E-state index in [4.69, 9.17) is 28.2 Å². The van der Waals surface area contributed by atoms with E-state index >= 15 is 0 Å². The van der Waals surface area contributed by atoms with Gasteiger partial charge in [0.05, 0.1) is 22.3 Å². The van der Waals surface area contributed by atoms with Crippen molar-refractivity contribution in [3.05, 3.63) is 194 Å². The monoisotopic (exact) mass is 844 g/mol. The van der Waals surface area contributed by atoms with Crippen LogP contribution in [0.1, 0.15) is 0 Å². The molecule has 7 nitrogen and oxygen atoms in total. The molecule has 0 N–H and O–H groups in total. The molecule has 66 heavy (non-hydrogen) atoms. The van der Waals surface area contributed by atoms with Crippen LogP contribution in [0.5, 0.6) is 0 Å². The van der Waals surface area contributed by atoms with Crippen molar-refractivity contribution < 1.29 is 13.3 Å². The molecule has 5 heterocycles. The molecule has 0 atom stereocenters. The van der Waals surface area contributed by atoms with Gasteiger partial charge in [-0.25, -0.2) is 15.0 Å². The maximum absolute atomic E-state index is 6.69. The lowest BCUT2D eigenvalue weighted by atomic mass is 10.0. The second-order valence-electron chi connectivity index (χ2n) is 17.0. The van der Waals surface area contributed by atoms with E-state index in [1.807, 2.05) is 72.8 Å². The van der Waals surface area contributed by atoms with Gasteiger partial charge in [-0.1, -0.05) is 133 Å². The first-order valence-corrected chi connectivity index (χ1v) is 22.1. The van der Waals surface area contributed by atoms with Crippen LogP contribution in [-0.4, -0.2) is 19.5 Å². The fraction of sp³-hybridized carbons (Fsp3) is 0. The maximum Gasteiger partial charge on any atom is 0.166 e. The van der Waals surface area contributed by atoms with Crippen LogP contribution in [0.15, 0.2) is 207 Å². The van der Waals surface area contributed by atoms with Gasteiger partial charge in [0.25, 0.3) is 0 Å². The highest BCUT2D eigenvalue weighted by atomic mass is 16.3. The van der Waals surface area contributed by atoms with E-state index in [2.05, 4.69) is 126 Å². The molecule has 0 aliphatic carbocycles. The predicted octanol–water partition coefficient (Wildman–Crippen LogP) is 16.0. The third-order valence-electron chi connectivity index (χ3n) is 13.4. The first-order chi connectivity index (χ1) is 32.7. The van der Waals surface area contributed by atoms with Gasteiger partial charge in [-0.2, -0.15) is 0 Å². The molecule has 0 saturated heterocycles. The highest BCUT2D eigenvalue weighted by Crippen LogP contribution is 2.46. The van der Waals surface area contributed by atoms with E-state index in [-0.39, 0.29) is 0 Å². The number of benzene rings is 10. The molecule has 0 bridgehead atoms. The first kappa shape index (κ1) is 35.4. The van der Waals surface area contributed by atoms with Crippen molar-refractivity contribution >= 4 is 109 Å². The zero-order chi connectivity index (χ0) is 43.0. The zero-order valence-electron chi connectivity index (χ0n) is 35.0. The number of nitrogens with zero attached hydrogens (tertiary/aromatic N) is 4. The van der Waals surface area contributed by atoms with Gasteiger partial charge in [0, 0.05) is 54.2 Å². The Hall–Kier alpha value is -9.07. The average molecular weight is 845 g/mol. The minimum absolute atomic E-state index is 0.508. The van der Waals surface area contributed by atoms with Crippen LogP contribution >= 0.6 is 0 Å². The largest absolute Gasteiger partial charge is 0.456 e. The molecule has 0 aliphatic heterocycles. The van der Waals surface area contributed by atoms with E-state index in [1.165, 1.54) is 21.5 Å². The minimum atomic E-state index is 0.508. The molecule has 0 aliphatic rings. The average Bonchev–Trinajstić information content (AvgIpc) is 4.14. The third kappa shape index (κ3) is 4.93. The summed E-state index contributed by atoms with van der Waals surface area (Å²) in [5.41, 5.74) is 10.2. The molecule has 5 aromatic heterocycles. The number of fused-ring (bicyclic) bond motifs is 15. The molecule has 306 valence electrons. The summed E-state index contributed by atoms with van der Waals surface area (Å²) < 4.78 is 22.0. The Morgan fingerprint density at radius 3 is 1.41 bits per heavy atom. The van der Waals surface area contributed by atoms with Crippen LogP contribution in [0.3, 0.4) is 0 Å². The molecule has 0 spiro atoms. The predicted molar refractivity (Wildman–Crippen MR) is 267 cm³/mol. The van der Waals surface area contributed by atoms with E-state index in [0.29, 0.717) is 17.5 Å². The summed E-state index contributed by atoms with van der Waals surface area (Å²) in [6.45, 7) is 0. The van der Waals surface area contributed by atoms with Gasteiger partial charge in [0.1, 0.15) is 33.5 Å². The van der Waals surface area contributed by atoms with Gasteiger partial charge in [-0.15, -0.1) is 0 Å². The Bertz CT molecular complexity index is 4420. The van der Waals surface area contributed by atoms with Gasteiger partial charge in [-0.3, -0.25) is 0 Å². The van der Waals surface area contributed by atoms with Gasteiger partial charge >= 0.3 is 0 Å². The highest BCUT2D eigenvalue weighted by Gasteiger charge is 2.27. The van der Waals surface area contributed by atoms with Crippen LogP contribution in [0.4, 0.5) is 0 Å². The topological polar surface area (TPSA) is 83.0 Å². The van der Waals surface area contributed by atoms with Crippen LogP contribution in [0.2, 0.25) is 0 Å². The van der Waals surface area contributed by atoms with Crippen LogP contribution in [0, 0.1) is 0 Å². The lowest BCUT2D eigenvalue weighted by Crippen LogP contribution is -2.04. The van der Waals surface area contributed by atoms with E-state index in [0.717, 1.165) is 110 Å². The number of hydrogen-bond acceptors (Lipinski definition) is 6. The molecule has 15 rings (SSSR count). The minimum Gasteiger partial charge on any atom is -0.456 e. The lowest BCUT2D eigenvalue weighted by molar-refractivity contribution is 0.668. The van der Waals surface area contributed by atoms with Crippen LogP contribution in [0.25, 0.3) is 149 Å². The molecule has 15 aromatic rings. The smallest absolute Gasteiger partial charge is 0.166 e. The molecule has 0 amide bonds. The van der Waals surface area contributed by atoms with E-state index in [1.54, 1.807) is 0 Å². The SMILES string of the molecule is c1ccc2cc3c(cc2c1)c1c2ccccc2ccc1n3-c1ccc2oc3ccccc3c2c1-c1nc(-c2cccc3oc4ccccc4c23)nc(-c2cccc3oc4ccccc4c23)n1. The molecule has 10 aromatic carbocycles. The van der Waals surface area contributed by atoms with Gasteiger partial charge in [0.15, 0.2) is 17.5 Å². The molecule has 0 fully saturated rings. The zero-order valence-corrected chi connectivity index (χ0v) is 35.0. The highest BCUT2D eigenvalue weighted by molar-refractivity contribution is 6.24. The Morgan fingerprint density at radius 2 is 0.788 bits per heavy atom. The molecule has 0 radical (unpaired) electrons. The molecule has 0 unspecified atom stereocenters. The van der Waals surface area contributed by atoms with Crippen LogP contribution in [-0.2, 0) is 0 Å². The summed E-state index contributed by atoms with van der Waals surface area (Å²) in [6, 6.07) is 67.3. The Labute approximate surface area is 374 Å². The summed E-state index contributed by atoms with van der Waals surface area (Å²) in [5, 5.41) is 12.8. The summed E-state index contributed by atoms with van der Waals surface area (Å²) >= 11 is 0. The molecular formula is C59H32N4O3. The number of aromatic nitrogens is 4. The number of rotatable bonds is 4. The quantitative estimate of drug-likeness (QED) is 0.175. The van der Waals surface area contributed by atoms with E-state index in [9.17, 15) is 0 Å². The lowest BCUT2D eigenvalue weighted by Gasteiger charge is -2.16. The summed E-state index contributed by atoms with van der Waals surface area (Å²) in [6.07, 6.45) is 0. The molecule has 0 saturated carbocycles. The maximum atomic E-state index is 6.69. The van der Waals surface area contributed by atoms with Gasteiger partial charge in [-0.05, 0) is 82.2 Å². The first-order valence-electron chi connectivity index (χ1n) is 22.1. The Balaban J connectivity index is 1.13. The van der Waals surface area contributed by atoms with Gasteiger partial charge < -0.3 is 17.8 Å². The van der Waals surface area contributed by atoms with Crippen molar-refractivity contribution in [1.29, 1.82) is 0 Å². The Kier molecular flexibility index (Phi) is 7.10. The fourth-order valence-corrected chi connectivity index (χ4v) is 10.6. The van der Waals surface area contributed by atoms with Crippen molar-refractivity contribution in [3.8, 4) is 39.9 Å². The van der Waals surface area contributed by atoms with E-state index < -0.39 is 0 Å².